The fourth-order valence-electron chi connectivity index (χ4n) is 1.82. The lowest BCUT2D eigenvalue weighted by atomic mass is 10.3. The molecule has 21 heavy (non-hydrogen) atoms. The molecule has 2 heterocycles. The van der Waals surface area contributed by atoms with Crippen LogP contribution in [-0.4, -0.2) is 93.8 Å². The van der Waals surface area contributed by atoms with Crippen molar-refractivity contribution in [1.82, 2.24) is 0 Å². The Morgan fingerprint density at radius 1 is 0.619 bits per heavy atom. The molecule has 0 saturated carbocycles. The van der Waals surface area contributed by atoms with E-state index >= 15 is 0 Å². The number of aliphatic hydroxyl groups is 6. The molecule has 0 aromatic rings. The van der Waals surface area contributed by atoms with E-state index in [1.54, 1.807) is 0 Å². The minimum Gasteiger partial charge on any atom is -0.393 e. The third-order valence-electron chi connectivity index (χ3n) is 2.90. The number of aliphatic hydroxyl groups excluding tert-OH is 6. The molecule has 6 N–H and O–H groups in total. The molecule has 4 unspecified atom stereocenters. The summed E-state index contributed by atoms with van der Waals surface area (Å²) in [6.45, 7) is -1.20. The average molecular weight is 314 g/mol. The smallest absolute Gasteiger partial charge is 0.212 e. The number of hydrogen-bond donors (Lipinski definition) is 6. The SMILES string of the molecule is OCC1O[C@H](O)C(O)O[C@H]1O[C@H]1OC(CO)[C@@H](O)OC1O. The summed E-state index contributed by atoms with van der Waals surface area (Å²) in [6, 6.07) is 0. The van der Waals surface area contributed by atoms with Gasteiger partial charge in [0.15, 0.2) is 12.6 Å². The largest absolute Gasteiger partial charge is 0.393 e. The van der Waals surface area contributed by atoms with Gasteiger partial charge in [0.05, 0.1) is 13.2 Å². The predicted molar refractivity (Wildman–Crippen MR) is 58.8 cm³/mol. The summed E-state index contributed by atoms with van der Waals surface area (Å²) in [5, 5.41) is 55.6. The van der Waals surface area contributed by atoms with Crippen LogP contribution in [0.15, 0.2) is 0 Å². The molecule has 11 nitrogen and oxygen atoms in total. The Morgan fingerprint density at radius 3 is 1.86 bits per heavy atom. The second kappa shape index (κ2) is 7.21. The van der Waals surface area contributed by atoms with Crippen LogP contribution in [0.5, 0.6) is 0 Å². The highest BCUT2D eigenvalue weighted by Gasteiger charge is 2.44. The zero-order chi connectivity index (χ0) is 15.6. The van der Waals surface area contributed by atoms with E-state index in [1.165, 1.54) is 0 Å². The molecular formula is C10H18O11. The van der Waals surface area contributed by atoms with E-state index in [2.05, 4.69) is 0 Å². The van der Waals surface area contributed by atoms with Crippen LogP contribution >= 0.6 is 0 Å². The summed E-state index contributed by atoms with van der Waals surface area (Å²) in [7, 11) is 0. The van der Waals surface area contributed by atoms with E-state index in [1.807, 2.05) is 0 Å². The first-order valence-corrected chi connectivity index (χ1v) is 6.17. The normalized spacial score (nSPS) is 48.3. The molecule has 0 amide bonds. The van der Waals surface area contributed by atoms with Crippen molar-refractivity contribution >= 4 is 0 Å². The first-order chi connectivity index (χ1) is 9.96. The topological polar surface area (TPSA) is 168 Å². The summed E-state index contributed by atoms with van der Waals surface area (Å²) in [5.41, 5.74) is 0. The maximum atomic E-state index is 9.58. The summed E-state index contributed by atoms with van der Waals surface area (Å²) in [5.74, 6) is 0. The van der Waals surface area contributed by atoms with Gasteiger partial charge < -0.3 is 54.3 Å². The van der Waals surface area contributed by atoms with Crippen LogP contribution in [-0.2, 0) is 23.7 Å². The number of rotatable bonds is 4. The van der Waals surface area contributed by atoms with Gasteiger partial charge in [-0.3, -0.25) is 0 Å². The molecule has 2 fully saturated rings. The molecule has 0 aromatic heterocycles. The Bertz CT molecular complexity index is 328. The van der Waals surface area contributed by atoms with Crippen LogP contribution in [0.25, 0.3) is 0 Å². The second-order valence-corrected chi connectivity index (χ2v) is 4.42. The van der Waals surface area contributed by atoms with Crippen molar-refractivity contribution in [2.75, 3.05) is 13.2 Å². The Labute approximate surface area is 118 Å². The lowest BCUT2D eigenvalue weighted by Gasteiger charge is -2.41. The van der Waals surface area contributed by atoms with Crippen LogP contribution in [0, 0.1) is 0 Å². The van der Waals surface area contributed by atoms with E-state index in [4.69, 9.17) is 33.9 Å². The van der Waals surface area contributed by atoms with Gasteiger partial charge in [0.1, 0.15) is 12.2 Å². The Kier molecular flexibility index (Phi) is 5.81. The number of hydrogen-bond acceptors (Lipinski definition) is 11. The number of ether oxygens (including phenoxy) is 5. The molecule has 2 aliphatic rings. The van der Waals surface area contributed by atoms with Crippen molar-refractivity contribution in [3.05, 3.63) is 0 Å². The van der Waals surface area contributed by atoms with E-state index < -0.39 is 63.2 Å². The first kappa shape index (κ1) is 16.9. The van der Waals surface area contributed by atoms with Crippen molar-refractivity contribution < 1.29 is 54.3 Å². The fourth-order valence-corrected chi connectivity index (χ4v) is 1.82. The summed E-state index contributed by atoms with van der Waals surface area (Å²) in [6.07, 6.45) is -11.8. The maximum absolute atomic E-state index is 9.58. The highest BCUT2D eigenvalue weighted by atomic mass is 16.9. The molecular weight excluding hydrogens is 296 g/mol. The summed E-state index contributed by atoms with van der Waals surface area (Å²) in [4.78, 5) is 0. The van der Waals surface area contributed by atoms with E-state index in [0.717, 1.165) is 0 Å². The molecule has 11 heteroatoms. The van der Waals surface area contributed by atoms with Crippen LogP contribution in [0.4, 0.5) is 0 Å². The first-order valence-electron chi connectivity index (χ1n) is 6.17. The standard InChI is InChI=1S/C10H18O11/c11-1-3-5(13)19-8(16)10(18-3)21-9-4(2-12)17-6(14)7(15)20-9/h3-16H,1-2H2/t3?,4?,5-,6-,7?,8?,9-,10+/m0/s1. The molecule has 8 atom stereocenters. The van der Waals surface area contributed by atoms with Gasteiger partial charge in [-0.25, -0.2) is 0 Å². The van der Waals surface area contributed by atoms with E-state index in [0.29, 0.717) is 0 Å². The third kappa shape index (κ3) is 3.85. The van der Waals surface area contributed by atoms with Crippen molar-refractivity contribution in [1.29, 1.82) is 0 Å². The molecule has 0 bridgehead atoms. The maximum Gasteiger partial charge on any atom is 0.212 e. The van der Waals surface area contributed by atoms with Crippen molar-refractivity contribution in [3.63, 3.8) is 0 Å². The third-order valence-corrected chi connectivity index (χ3v) is 2.90. The quantitative estimate of drug-likeness (QED) is 0.297. The van der Waals surface area contributed by atoms with Crippen LogP contribution in [0.3, 0.4) is 0 Å². The van der Waals surface area contributed by atoms with Crippen molar-refractivity contribution in [2.45, 2.75) is 49.9 Å². The summed E-state index contributed by atoms with van der Waals surface area (Å²) >= 11 is 0. The van der Waals surface area contributed by atoms with Gasteiger partial charge in [0.25, 0.3) is 0 Å². The van der Waals surface area contributed by atoms with Crippen molar-refractivity contribution in [3.8, 4) is 0 Å². The average Bonchev–Trinajstić information content (AvgIpc) is 2.45. The van der Waals surface area contributed by atoms with Gasteiger partial charge in [-0.2, -0.15) is 0 Å². The van der Waals surface area contributed by atoms with Gasteiger partial charge in [0.2, 0.25) is 25.2 Å². The highest BCUT2D eigenvalue weighted by Crippen LogP contribution is 2.25. The van der Waals surface area contributed by atoms with Gasteiger partial charge in [-0.05, 0) is 0 Å². The molecule has 2 aliphatic heterocycles. The predicted octanol–water partition coefficient (Wildman–Crippen LogP) is -4.26. The minimum absolute atomic E-state index is 0.597. The second-order valence-electron chi connectivity index (χ2n) is 4.42. The minimum atomic E-state index is -1.72. The van der Waals surface area contributed by atoms with E-state index in [9.17, 15) is 20.4 Å². The van der Waals surface area contributed by atoms with Gasteiger partial charge in [-0.1, -0.05) is 0 Å². The monoisotopic (exact) mass is 314 g/mol. The zero-order valence-electron chi connectivity index (χ0n) is 10.8. The molecule has 0 aliphatic carbocycles. The zero-order valence-corrected chi connectivity index (χ0v) is 10.8. The van der Waals surface area contributed by atoms with Crippen molar-refractivity contribution in [2.24, 2.45) is 0 Å². The van der Waals surface area contributed by atoms with Crippen LogP contribution < -0.4 is 0 Å². The molecule has 0 aromatic carbocycles. The molecule has 0 spiro atoms. The van der Waals surface area contributed by atoms with Crippen LogP contribution in [0.2, 0.25) is 0 Å². The Morgan fingerprint density at radius 2 is 1.24 bits per heavy atom. The fraction of sp³-hybridized carbons (Fsp3) is 1.00. The Balaban J connectivity index is 1.98. The molecule has 0 radical (unpaired) electrons. The highest BCUT2D eigenvalue weighted by molar-refractivity contribution is 4.73. The lowest BCUT2D eigenvalue weighted by Crippen LogP contribution is -2.57. The molecule has 2 saturated heterocycles. The van der Waals surface area contributed by atoms with Gasteiger partial charge >= 0.3 is 0 Å². The molecule has 2 rings (SSSR count). The lowest BCUT2D eigenvalue weighted by molar-refractivity contribution is -0.446. The molecule has 124 valence electrons. The van der Waals surface area contributed by atoms with Crippen LogP contribution in [0.1, 0.15) is 0 Å². The van der Waals surface area contributed by atoms with Gasteiger partial charge in [0, 0.05) is 0 Å². The summed E-state index contributed by atoms with van der Waals surface area (Å²) < 4.78 is 24.6. The van der Waals surface area contributed by atoms with E-state index in [-0.39, 0.29) is 0 Å². The Hall–Kier alpha value is -0.440. The van der Waals surface area contributed by atoms with Gasteiger partial charge in [-0.15, -0.1) is 0 Å².